The van der Waals surface area contributed by atoms with Gasteiger partial charge in [0.05, 0.1) is 25.3 Å². The predicted octanol–water partition coefficient (Wildman–Crippen LogP) is 5.08. The fraction of sp³-hybridized carbons (Fsp3) is 0.312. The summed E-state index contributed by atoms with van der Waals surface area (Å²) in [6, 6.07) is 22.7. The van der Waals surface area contributed by atoms with Crippen molar-refractivity contribution in [3.8, 4) is 5.75 Å². The fourth-order valence-corrected chi connectivity index (χ4v) is 4.87. The van der Waals surface area contributed by atoms with Crippen molar-refractivity contribution in [2.75, 3.05) is 20.3 Å². The number of amides is 1. The van der Waals surface area contributed by atoms with Crippen LogP contribution in [0.4, 0.5) is 4.79 Å². The molecule has 1 aliphatic heterocycles. The number of nitrogens with zero attached hydrogens (tertiary/aromatic N) is 1. The number of esters is 2. The lowest BCUT2D eigenvalue weighted by Gasteiger charge is -2.42. The number of ketones is 1. The Morgan fingerprint density at radius 3 is 2.15 bits per heavy atom. The smallest absolute Gasteiger partial charge is 0.410 e. The highest BCUT2D eigenvalue weighted by atomic mass is 16.6. The van der Waals surface area contributed by atoms with E-state index in [1.807, 2.05) is 30.3 Å². The van der Waals surface area contributed by atoms with Gasteiger partial charge in [-0.3, -0.25) is 9.59 Å². The Labute approximate surface area is 239 Å². The molecule has 41 heavy (non-hydrogen) atoms. The van der Waals surface area contributed by atoms with Gasteiger partial charge >= 0.3 is 18.0 Å². The zero-order chi connectivity index (χ0) is 29.2. The molecule has 1 fully saturated rings. The van der Waals surface area contributed by atoms with Gasteiger partial charge in [-0.1, -0.05) is 60.7 Å². The molecule has 0 bridgehead atoms. The van der Waals surface area contributed by atoms with Gasteiger partial charge < -0.3 is 23.8 Å². The van der Waals surface area contributed by atoms with Gasteiger partial charge in [-0.05, 0) is 49.6 Å². The number of rotatable bonds is 10. The minimum Gasteiger partial charge on any atom is -0.497 e. The highest BCUT2D eigenvalue weighted by molar-refractivity contribution is 6.09. The molecule has 214 valence electrons. The van der Waals surface area contributed by atoms with E-state index in [9.17, 15) is 19.2 Å². The second-order valence-corrected chi connectivity index (χ2v) is 9.50. The third-order valence-corrected chi connectivity index (χ3v) is 6.88. The van der Waals surface area contributed by atoms with E-state index in [2.05, 4.69) is 0 Å². The first-order chi connectivity index (χ1) is 19.9. The lowest BCUT2D eigenvalue weighted by atomic mass is 9.83. The minimum absolute atomic E-state index is 0.00407. The third kappa shape index (κ3) is 7.30. The molecule has 0 N–H and O–H groups in total. The number of benzene rings is 3. The maximum atomic E-state index is 13.8. The summed E-state index contributed by atoms with van der Waals surface area (Å²) in [5, 5.41) is 0. The monoisotopic (exact) mass is 559 g/mol. The Balaban J connectivity index is 1.68. The van der Waals surface area contributed by atoms with E-state index in [1.54, 1.807) is 61.5 Å². The number of hydrogen-bond donors (Lipinski definition) is 0. The summed E-state index contributed by atoms with van der Waals surface area (Å²) in [6.07, 6.45) is -0.913. The number of carbonyl (C=O) groups is 4. The lowest BCUT2D eigenvalue weighted by molar-refractivity contribution is -0.150. The Bertz CT molecular complexity index is 1330. The van der Waals surface area contributed by atoms with E-state index < -0.39 is 41.9 Å². The molecule has 1 aliphatic rings. The number of hydrogen-bond acceptors (Lipinski definition) is 8. The van der Waals surface area contributed by atoms with Crippen LogP contribution in [0.1, 0.15) is 46.0 Å². The number of carbonyl (C=O) groups excluding carboxylic acids is 4. The molecule has 1 unspecified atom stereocenters. The largest absolute Gasteiger partial charge is 0.497 e. The predicted molar refractivity (Wildman–Crippen MR) is 149 cm³/mol. The summed E-state index contributed by atoms with van der Waals surface area (Å²) >= 11 is 0. The van der Waals surface area contributed by atoms with Crippen LogP contribution in [0.15, 0.2) is 84.9 Å². The van der Waals surface area contributed by atoms with E-state index in [-0.39, 0.29) is 30.9 Å². The Hall–Kier alpha value is -4.66. The molecular weight excluding hydrogens is 526 g/mol. The quantitative estimate of drug-likeness (QED) is 0.146. The molecule has 3 aromatic rings. The van der Waals surface area contributed by atoms with Crippen molar-refractivity contribution in [2.45, 2.75) is 38.5 Å². The molecular formula is C32H33NO8. The standard InChI is InChI=1S/C32H33NO8/c1-3-39-31(36)27(29(34)23-13-8-5-9-14-23)28-26(41-30(35)24-16-18-25(38-2)19-17-24)15-10-20-33(28)32(37)40-21-22-11-6-4-7-12-22/h4-9,11-14,16-19,26-28H,3,10,15,20-21H2,1-2H3/t26-,27?,28-/m0/s1. The van der Waals surface area contributed by atoms with E-state index >= 15 is 0 Å². The van der Waals surface area contributed by atoms with Crippen molar-refractivity contribution in [2.24, 2.45) is 5.92 Å². The highest BCUT2D eigenvalue weighted by Crippen LogP contribution is 2.31. The van der Waals surface area contributed by atoms with Gasteiger partial charge in [-0.15, -0.1) is 0 Å². The Kier molecular flexibility index (Phi) is 10.1. The maximum Gasteiger partial charge on any atom is 0.410 e. The Morgan fingerprint density at radius 2 is 1.51 bits per heavy atom. The number of methoxy groups -OCH3 is 1. The van der Waals surface area contributed by atoms with Gasteiger partial charge in [0.25, 0.3) is 0 Å². The molecule has 1 amide bonds. The molecule has 9 heteroatoms. The van der Waals surface area contributed by atoms with Crippen LogP contribution in [0.5, 0.6) is 5.75 Å². The molecule has 3 aromatic carbocycles. The Morgan fingerprint density at radius 1 is 0.854 bits per heavy atom. The number of likely N-dealkylation sites (tertiary alicyclic amines) is 1. The topological polar surface area (TPSA) is 108 Å². The van der Waals surface area contributed by atoms with Gasteiger partial charge in [0.2, 0.25) is 0 Å². The molecule has 3 atom stereocenters. The molecule has 0 aromatic heterocycles. The first-order valence-electron chi connectivity index (χ1n) is 13.5. The number of ether oxygens (including phenoxy) is 4. The second-order valence-electron chi connectivity index (χ2n) is 9.50. The molecule has 0 saturated carbocycles. The summed E-state index contributed by atoms with van der Waals surface area (Å²) in [7, 11) is 1.52. The van der Waals surface area contributed by atoms with Crippen LogP contribution in [-0.2, 0) is 25.6 Å². The minimum atomic E-state index is -1.45. The first-order valence-corrected chi connectivity index (χ1v) is 13.5. The van der Waals surface area contributed by atoms with Crippen molar-refractivity contribution in [1.82, 2.24) is 4.90 Å². The summed E-state index contributed by atoms with van der Waals surface area (Å²) in [6.45, 7) is 1.86. The van der Waals surface area contributed by atoms with Crippen molar-refractivity contribution >= 4 is 23.8 Å². The highest BCUT2D eigenvalue weighted by Gasteiger charge is 2.49. The summed E-state index contributed by atoms with van der Waals surface area (Å²) in [5.74, 6) is -2.88. The first kappa shape index (κ1) is 29.3. The zero-order valence-electron chi connectivity index (χ0n) is 23.1. The van der Waals surface area contributed by atoms with Gasteiger partial charge in [-0.25, -0.2) is 9.59 Å². The molecule has 1 saturated heterocycles. The van der Waals surface area contributed by atoms with Gasteiger partial charge in [0.15, 0.2) is 5.78 Å². The second kappa shape index (κ2) is 14.1. The van der Waals surface area contributed by atoms with Gasteiger partial charge in [0, 0.05) is 12.1 Å². The van der Waals surface area contributed by atoms with E-state index in [0.717, 1.165) is 5.56 Å². The maximum absolute atomic E-state index is 13.8. The average molecular weight is 560 g/mol. The van der Waals surface area contributed by atoms with Crippen LogP contribution >= 0.6 is 0 Å². The molecule has 9 nitrogen and oxygen atoms in total. The SMILES string of the molecule is CCOC(=O)C(C(=O)c1ccccc1)[C@@H]1[C@@H](OC(=O)c2ccc(OC)cc2)CCCN1C(=O)OCc1ccccc1. The summed E-state index contributed by atoms with van der Waals surface area (Å²) in [4.78, 5) is 55.3. The molecule has 0 radical (unpaired) electrons. The van der Waals surface area contributed by atoms with Gasteiger partial charge in [-0.2, -0.15) is 0 Å². The normalized spacial score (nSPS) is 17.2. The van der Waals surface area contributed by atoms with Crippen LogP contribution in [0, 0.1) is 5.92 Å². The van der Waals surface area contributed by atoms with Crippen molar-refractivity contribution < 1.29 is 38.1 Å². The van der Waals surface area contributed by atoms with E-state index in [0.29, 0.717) is 18.6 Å². The fourth-order valence-electron chi connectivity index (χ4n) is 4.87. The van der Waals surface area contributed by atoms with E-state index in [1.165, 1.54) is 12.0 Å². The zero-order valence-corrected chi connectivity index (χ0v) is 23.1. The van der Waals surface area contributed by atoms with Crippen molar-refractivity contribution in [3.63, 3.8) is 0 Å². The molecule has 4 rings (SSSR count). The number of piperidine rings is 1. The summed E-state index contributed by atoms with van der Waals surface area (Å²) < 4.78 is 22.0. The summed E-state index contributed by atoms with van der Waals surface area (Å²) in [5.41, 5.74) is 1.31. The molecule has 0 aliphatic carbocycles. The van der Waals surface area contributed by atoms with Crippen LogP contribution in [0.2, 0.25) is 0 Å². The van der Waals surface area contributed by atoms with Crippen LogP contribution in [-0.4, -0.2) is 61.1 Å². The molecule has 1 heterocycles. The third-order valence-electron chi connectivity index (χ3n) is 6.88. The lowest BCUT2D eigenvalue weighted by Crippen LogP contribution is -2.59. The van der Waals surface area contributed by atoms with Crippen LogP contribution < -0.4 is 4.74 Å². The van der Waals surface area contributed by atoms with Crippen molar-refractivity contribution in [1.29, 1.82) is 0 Å². The van der Waals surface area contributed by atoms with Gasteiger partial charge in [0.1, 0.15) is 24.4 Å². The van der Waals surface area contributed by atoms with Crippen LogP contribution in [0.25, 0.3) is 0 Å². The van der Waals surface area contributed by atoms with E-state index in [4.69, 9.17) is 18.9 Å². The average Bonchev–Trinajstić information content (AvgIpc) is 3.01. The van der Waals surface area contributed by atoms with Crippen molar-refractivity contribution in [3.05, 3.63) is 102 Å². The number of Topliss-reactive ketones (excluding diaryl/α,β-unsaturated/α-hetero) is 1. The van der Waals surface area contributed by atoms with Crippen LogP contribution in [0.3, 0.4) is 0 Å². The molecule has 0 spiro atoms.